The molecule has 0 bridgehead atoms. The summed E-state index contributed by atoms with van der Waals surface area (Å²) in [7, 11) is 0. The van der Waals surface area contributed by atoms with Crippen LogP contribution in [0.2, 0.25) is 4.34 Å². The third-order valence-electron chi connectivity index (χ3n) is 7.66. The van der Waals surface area contributed by atoms with Crippen LogP contribution in [0.15, 0.2) is 28.8 Å². The fraction of sp³-hybridized carbons (Fsp3) is 0.556. The number of thiophene rings is 1. The lowest BCUT2D eigenvalue weighted by molar-refractivity contribution is 0.0644. The Balaban J connectivity index is 1.38. The highest BCUT2D eigenvalue weighted by Gasteiger charge is 2.37. The van der Waals surface area contributed by atoms with Gasteiger partial charge in [-0.1, -0.05) is 16.8 Å². The topological polar surface area (TPSA) is 96.5 Å². The standard InChI is InChI=1S/C27H35ClN6O3S/c1-17(2)32-12-8-18(9-13-32)29-25(35)21-15-20(26(36)33-11-5-10-27(33,3)4)30-34(21)16-19-14-22(37-31-19)23-6-7-24(28)38-23/h6-7,14-15,17-18H,5,8-13,16H2,1-4H3,(H,29,35). The van der Waals surface area contributed by atoms with Crippen LogP contribution >= 0.6 is 22.9 Å². The Kier molecular flexibility index (Phi) is 7.66. The number of amides is 2. The second kappa shape index (κ2) is 10.8. The number of hydrogen-bond donors (Lipinski definition) is 1. The van der Waals surface area contributed by atoms with Crippen molar-refractivity contribution >= 4 is 34.8 Å². The summed E-state index contributed by atoms with van der Waals surface area (Å²) in [5.41, 5.74) is 0.984. The van der Waals surface area contributed by atoms with Crippen LogP contribution in [-0.2, 0) is 6.54 Å². The predicted octanol–water partition coefficient (Wildman–Crippen LogP) is 4.92. The zero-order valence-electron chi connectivity index (χ0n) is 22.4. The second-order valence-electron chi connectivity index (χ2n) is 11.1. The minimum absolute atomic E-state index is 0.0831. The maximum Gasteiger partial charge on any atom is 0.274 e. The third kappa shape index (κ3) is 5.67. The van der Waals surface area contributed by atoms with E-state index in [4.69, 9.17) is 16.1 Å². The van der Waals surface area contributed by atoms with Crippen molar-refractivity contribution in [1.82, 2.24) is 30.1 Å². The van der Waals surface area contributed by atoms with Crippen LogP contribution in [0.4, 0.5) is 0 Å². The predicted molar refractivity (Wildman–Crippen MR) is 148 cm³/mol. The zero-order chi connectivity index (χ0) is 27.0. The van der Waals surface area contributed by atoms with Crippen LogP contribution in [0.1, 0.15) is 80.0 Å². The molecule has 3 aromatic rings. The van der Waals surface area contributed by atoms with Crippen LogP contribution in [0.25, 0.3) is 10.6 Å². The van der Waals surface area contributed by atoms with E-state index in [9.17, 15) is 9.59 Å². The number of piperidine rings is 1. The molecule has 3 aromatic heterocycles. The van der Waals surface area contributed by atoms with Gasteiger partial charge in [0.1, 0.15) is 11.4 Å². The highest BCUT2D eigenvalue weighted by molar-refractivity contribution is 7.19. The van der Waals surface area contributed by atoms with Crippen LogP contribution in [0, 0.1) is 0 Å². The summed E-state index contributed by atoms with van der Waals surface area (Å²) < 4.78 is 7.76. The zero-order valence-corrected chi connectivity index (χ0v) is 23.9. The number of likely N-dealkylation sites (tertiary alicyclic amines) is 2. The van der Waals surface area contributed by atoms with Crippen LogP contribution < -0.4 is 5.32 Å². The Morgan fingerprint density at radius 3 is 2.61 bits per heavy atom. The molecule has 5 rings (SSSR count). The Morgan fingerprint density at radius 1 is 1.21 bits per heavy atom. The van der Waals surface area contributed by atoms with Gasteiger partial charge in [0.15, 0.2) is 11.5 Å². The first-order valence-electron chi connectivity index (χ1n) is 13.3. The summed E-state index contributed by atoms with van der Waals surface area (Å²) in [4.78, 5) is 32.1. The molecule has 11 heteroatoms. The van der Waals surface area contributed by atoms with E-state index in [0.29, 0.717) is 34.1 Å². The average molecular weight is 559 g/mol. The molecule has 0 aromatic carbocycles. The summed E-state index contributed by atoms with van der Waals surface area (Å²) >= 11 is 7.47. The van der Waals surface area contributed by atoms with Crippen molar-refractivity contribution in [2.75, 3.05) is 19.6 Å². The van der Waals surface area contributed by atoms with Gasteiger partial charge in [-0.2, -0.15) is 5.10 Å². The summed E-state index contributed by atoms with van der Waals surface area (Å²) in [6.45, 7) is 11.3. The Bertz CT molecular complexity index is 1300. The molecule has 0 aliphatic carbocycles. The summed E-state index contributed by atoms with van der Waals surface area (Å²) in [5, 5.41) is 12.0. The van der Waals surface area contributed by atoms with Crippen molar-refractivity contribution in [1.29, 1.82) is 0 Å². The molecule has 1 N–H and O–H groups in total. The van der Waals surface area contributed by atoms with E-state index in [0.717, 1.165) is 43.6 Å². The Labute approximate surface area is 232 Å². The first-order chi connectivity index (χ1) is 18.1. The van der Waals surface area contributed by atoms with Gasteiger partial charge in [-0.3, -0.25) is 14.3 Å². The summed E-state index contributed by atoms with van der Waals surface area (Å²) in [5.74, 6) is 0.218. The van der Waals surface area contributed by atoms with Gasteiger partial charge in [0, 0.05) is 49.4 Å². The third-order valence-corrected chi connectivity index (χ3v) is 8.91. The van der Waals surface area contributed by atoms with E-state index in [2.05, 4.69) is 48.2 Å². The molecule has 0 saturated carbocycles. The molecule has 0 spiro atoms. The van der Waals surface area contributed by atoms with Gasteiger partial charge in [0.2, 0.25) is 0 Å². The van der Waals surface area contributed by atoms with Crippen molar-refractivity contribution < 1.29 is 14.1 Å². The number of hydrogen-bond acceptors (Lipinski definition) is 7. The lowest BCUT2D eigenvalue weighted by Gasteiger charge is -2.34. The van der Waals surface area contributed by atoms with E-state index < -0.39 is 0 Å². The molecule has 0 radical (unpaired) electrons. The molecule has 9 nitrogen and oxygen atoms in total. The molecule has 5 heterocycles. The van der Waals surface area contributed by atoms with E-state index in [1.54, 1.807) is 10.7 Å². The smallest absolute Gasteiger partial charge is 0.274 e. The molecular weight excluding hydrogens is 524 g/mol. The molecular formula is C27H35ClN6O3S. The molecule has 0 unspecified atom stereocenters. The normalized spacial score (nSPS) is 18.4. The molecule has 2 amide bonds. The first kappa shape index (κ1) is 26.9. The van der Waals surface area contributed by atoms with Crippen LogP contribution in [0.5, 0.6) is 0 Å². The van der Waals surface area contributed by atoms with Gasteiger partial charge in [0.05, 0.1) is 15.8 Å². The fourth-order valence-electron chi connectivity index (χ4n) is 5.37. The molecule has 2 aliphatic heterocycles. The molecule has 2 fully saturated rings. The summed E-state index contributed by atoms with van der Waals surface area (Å²) in [6, 6.07) is 7.70. The lowest BCUT2D eigenvalue weighted by atomic mass is 10.0. The number of nitrogens with zero attached hydrogens (tertiary/aromatic N) is 5. The molecule has 2 aliphatic rings. The maximum atomic E-state index is 13.5. The van der Waals surface area contributed by atoms with Gasteiger partial charge in [0.25, 0.3) is 11.8 Å². The van der Waals surface area contributed by atoms with E-state index in [1.165, 1.54) is 11.3 Å². The van der Waals surface area contributed by atoms with Crippen molar-refractivity contribution in [3.63, 3.8) is 0 Å². The second-order valence-corrected chi connectivity index (χ2v) is 12.8. The quantitative estimate of drug-likeness (QED) is 0.442. The number of nitrogens with one attached hydrogen (secondary N) is 1. The number of carbonyl (C=O) groups is 2. The van der Waals surface area contributed by atoms with E-state index in [1.807, 2.05) is 23.1 Å². The molecule has 204 valence electrons. The number of carbonyl (C=O) groups excluding carboxylic acids is 2. The molecule has 38 heavy (non-hydrogen) atoms. The highest BCUT2D eigenvalue weighted by Crippen LogP contribution is 2.32. The van der Waals surface area contributed by atoms with Gasteiger partial charge >= 0.3 is 0 Å². The monoisotopic (exact) mass is 558 g/mol. The van der Waals surface area contributed by atoms with Crippen LogP contribution in [-0.4, -0.2) is 73.8 Å². The number of aromatic nitrogens is 3. The highest BCUT2D eigenvalue weighted by atomic mass is 35.5. The number of rotatable bonds is 7. The molecule has 0 atom stereocenters. The largest absolute Gasteiger partial charge is 0.355 e. The van der Waals surface area contributed by atoms with E-state index in [-0.39, 0.29) is 35.6 Å². The van der Waals surface area contributed by atoms with Gasteiger partial charge in [-0.05, 0) is 65.5 Å². The SMILES string of the molecule is CC(C)N1CCC(NC(=O)c2cc(C(=O)N3CCCC3(C)C)nn2Cc2cc(-c3ccc(Cl)s3)on2)CC1. The lowest BCUT2D eigenvalue weighted by Crippen LogP contribution is -2.46. The van der Waals surface area contributed by atoms with E-state index >= 15 is 0 Å². The maximum absolute atomic E-state index is 13.5. The summed E-state index contributed by atoms with van der Waals surface area (Å²) in [6.07, 6.45) is 3.68. The minimum Gasteiger partial charge on any atom is -0.355 e. The molecule has 2 saturated heterocycles. The Morgan fingerprint density at radius 2 is 1.97 bits per heavy atom. The number of halogens is 1. The Hall–Kier alpha value is -2.69. The van der Waals surface area contributed by atoms with Crippen molar-refractivity contribution in [3.8, 4) is 10.6 Å². The van der Waals surface area contributed by atoms with Gasteiger partial charge < -0.3 is 19.6 Å². The van der Waals surface area contributed by atoms with Crippen molar-refractivity contribution in [3.05, 3.63) is 45.7 Å². The minimum atomic E-state index is -0.239. The first-order valence-corrected chi connectivity index (χ1v) is 14.5. The van der Waals surface area contributed by atoms with Crippen LogP contribution in [0.3, 0.4) is 0 Å². The van der Waals surface area contributed by atoms with Gasteiger partial charge in [-0.25, -0.2) is 0 Å². The average Bonchev–Trinajstić information content (AvgIpc) is 3.66. The fourth-order valence-corrected chi connectivity index (χ4v) is 6.36. The van der Waals surface area contributed by atoms with Crippen molar-refractivity contribution in [2.45, 2.75) is 77.5 Å². The van der Waals surface area contributed by atoms with Gasteiger partial charge in [-0.15, -0.1) is 11.3 Å². The van der Waals surface area contributed by atoms with Crippen molar-refractivity contribution in [2.24, 2.45) is 0 Å².